The van der Waals surface area contributed by atoms with E-state index in [9.17, 15) is 4.79 Å². The van der Waals surface area contributed by atoms with E-state index in [0.29, 0.717) is 25.4 Å². The normalized spacial score (nSPS) is 13.7. The molecule has 1 unspecified atom stereocenters. The Bertz CT molecular complexity index is 388. The predicted molar refractivity (Wildman–Crippen MR) is 69.5 cm³/mol. The van der Waals surface area contributed by atoms with Gasteiger partial charge in [0, 0.05) is 6.42 Å². The summed E-state index contributed by atoms with van der Waals surface area (Å²) in [6.45, 7) is 4.49. The highest BCUT2D eigenvalue weighted by Gasteiger charge is 2.25. The predicted octanol–water partition coefficient (Wildman–Crippen LogP) is 1.06. The van der Waals surface area contributed by atoms with Crippen LogP contribution < -0.4 is 20.9 Å². The van der Waals surface area contributed by atoms with Gasteiger partial charge in [-0.05, 0) is 38.1 Å². The van der Waals surface area contributed by atoms with Gasteiger partial charge in [0.1, 0.15) is 11.5 Å². The monoisotopic (exact) mass is 252 g/mol. The summed E-state index contributed by atoms with van der Waals surface area (Å²) < 4.78 is 10.8. The molecular formula is C13H20N2O3. The lowest BCUT2D eigenvalue weighted by Crippen LogP contribution is -2.50. The first-order valence-electron chi connectivity index (χ1n) is 5.90. The molecule has 0 fully saturated rings. The average molecular weight is 252 g/mol. The van der Waals surface area contributed by atoms with Crippen LogP contribution in [0.25, 0.3) is 0 Å². The summed E-state index contributed by atoms with van der Waals surface area (Å²) in [5.74, 6) is 0.974. The van der Waals surface area contributed by atoms with Crippen molar-refractivity contribution in [3.05, 3.63) is 24.3 Å². The van der Waals surface area contributed by atoms with Gasteiger partial charge < -0.3 is 20.9 Å². The third-order valence-electron chi connectivity index (χ3n) is 2.59. The lowest BCUT2D eigenvalue weighted by atomic mass is 9.99. The number of nitrogens with two attached hydrogens (primary N) is 2. The third-order valence-corrected chi connectivity index (χ3v) is 2.59. The molecule has 4 N–H and O–H groups in total. The van der Waals surface area contributed by atoms with Gasteiger partial charge in [0.2, 0.25) is 5.91 Å². The minimum absolute atomic E-state index is 0.337. The number of carbonyl (C=O) groups is 1. The first kappa shape index (κ1) is 14.3. The van der Waals surface area contributed by atoms with Crippen LogP contribution in [0.3, 0.4) is 0 Å². The van der Waals surface area contributed by atoms with Crippen LogP contribution in [0, 0.1) is 0 Å². The van der Waals surface area contributed by atoms with Crippen molar-refractivity contribution in [2.24, 2.45) is 11.5 Å². The Hall–Kier alpha value is -1.75. The van der Waals surface area contributed by atoms with Crippen LogP contribution >= 0.6 is 0 Å². The van der Waals surface area contributed by atoms with E-state index in [1.165, 1.54) is 0 Å². The molecule has 1 aromatic carbocycles. The largest absolute Gasteiger partial charge is 0.494 e. The molecule has 1 atom stereocenters. The molecule has 0 heterocycles. The molecule has 0 aliphatic heterocycles. The molecule has 1 rings (SSSR count). The van der Waals surface area contributed by atoms with Crippen molar-refractivity contribution in [1.82, 2.24) is 0 Å². The molecule has 1 amide bonds. The first-order valence-corrected chi connectivity index (χ1v) is 5.90. The standard InChI is InChI=1S/C13H20N2O3/c1-3-17-10-4-6-11(7-5-10)18-9-8-13(2,15)12(14)16/h4-7H,3,8-9,15H2,1-2H3,(H2,14,16). The van der Waals surface area contributed by atoms with Gasteiger partial charge >= 0.3 is 0 Å². The fraction of sp³-hybridized carbons (Fsp3) is 0.462. The van der Waals surface area contributed by atoms with Gasteiger partial charge in [-0.25, -0.2) is 0 Å². The number of carbonyl (C=O) groups excluding carboxylic acids is 1. The maximum atomic E-state index is 11.0. The van der Waals surface area contributed by atoms with Gasteiger partial charge in [-0.3, -0.25) is 4.79 Å². The number of amides is 1. The van der Waals surface area contributed by atoms with Crippen molar-refractivity contribution in [2.75, 3.05) is 13.2 Å². The molecule has 100 valence electrons. The van der Waals surface area contributed by atoms with E-state index < -0.39 is 11.4 Å². The van der Waals surface area contributed by atoms with Crippen molar-refractivity contribution >= 4 is 5.91 Å². The van der Waals surface area contributed by atoms with E-state index in [2.05, 4.69) is 0 Å². The van der Waals surface area contributed by atoms with Gasteiger partial charge in [0.15, 0.2) is 0 Å². The van der Waals surface area contributed by atoms with Crippen LogP contribution in [0.15, 0.2) is 24.3 Å². The Morgan fingerprint density at radius 1 is 1.22 bits per heavy atom. The molecule has 0 aliphatic rings. The molecule has 0 saturated carbocycles. The zero-order valence-electron chi connectivity index (χ0n) is 10.8. The third kappa shape index (κ3) is 4.25. The molecule has 5 heteroatoms. The summed E-state index contributed by atoms with van der Waals surface area (Å²) in [6.07, 6.45) is 0.371. The van der Waals surface area contributed by atoms with Crippen LogP contribution in [0.5, 0.6) is 11.5 Å². The molecule has 0 radical (unpaired) electrons. The smallest absolute Gasteiger partial charge is 0.237 e. The quantitative estimate of drug-likeness (QED) is 0.759. The fourth-order valence-electron chi connectivity index (χ4n) is 1.30. The molecular weight excluding hydrogens is 232 g/mol. The highest BCUT2D eigenvalue weighted by atomic mass is 16.5. The van der Waals surface area contributed by atoms with E-state index in [0.717, 1.165) is 5.75 Å². The van der Waals surface area contributed by atoms with Crippen LogP contribution in [0.1, 0.15) is 20.3 Å². The fourth-order valence-corrected chi connectivity index (χ4v) is 1.30. The van der Waals surface area contributed by atoms with Gasteiger partial charge in [0.25, 0.3) is 0 Å². The SMILES string of the molecule is CCOc1ccc(OCCC(C)(N)C(N)=O)cc1. The van der Waals surface area contributed by atoms with E-state index in [4.69, 9.17) is 20.9 Å². The van der Waals surface area contributed by atoms with Gasteiger partial charge in [0.05, 0.1) is 18.8 Å². The first-order chi connectivity index (χ1) is 8.45. The zero-order valence-corrected chi connectivity index (χ0v) is 10.8. The Balaban J connectivity index is 2.42. The maximum Gasteiger partial charge on any atom is 0.237 e. The minimum Gasteiger partial charge on any atom is -0.494 e. The average Bonchev–Trinajstić information content (AvgIpc) is 2.31. The van der Waals surface area contributed by atoms with Crippen molar-refractivity contribution in [1.29, 1.82) is 0 Å². The number of primary amides is 1. The second-order valence-corrected chi connectivity index (χ2v) is 4.28. The van der Waals surface area contributed by atoms with E-state index >= 15 is 0 Å². The number of hydrogen-bond acceptors (Lipinski definition) is 4. The highest BCUT2D eigenvalue weighted by molar-refractivity contribution is 5.83. The second-order valence-electron chi connectivity index (χ2n) is 4.28. The van der Waals surface area contributed by atoms with Crippen molar-refractivity contribution in [3.63, 3.8) is 0 Å². The minimum atomic E-state index is -1.04. The second kappa shape index (κ2) is 6.26. The van der Waals surface area contributed by atoms with Crippen molar-refractivity contribution in [2.45, 2.75) is 25.8 Å². The van der Waals surface area contributed by atoms with E-state index in [1.807, 2.05) is 31.2 Å². The number of hydrogen-bond donors (Lipinski definition) is 2. The number of rotatable bonds is 7. The Morgan fingerprint density at radius 2 is 1.72 bits per heavy atom. The zero-order chi connectivity index (χ0) is 13.6. The van der Waals surface area contributed by atoms with E-state index in [-0.39, 0.29) is 0 Å². The molecule has 18 heavy (non-hydrogen) atoms. The Kier molecular flexibility index (Phi) is 4.97. The Labute approximate surface area is 107 Å². The summed E-state index contributed by atoms with van der Waals surface area (Å²) in [5.41, 5.74) is 9.84. The van der Waals surface area contributed by atoms with Crippen molar-refractivity contribution < 1.29 is 14.3 Å². The molecule has 1 aromatic rings. The number of benzene rings is 1. The molecule has 0 aliphatic carbocycles. The van der Waals surface area contributed by atoms with Crippen molar-refractivity contribution in [3.8, 4) is 11.5 Å². The van der Waals surface area contributed by atoms with Gasteiger partial charge in [-0.2, -0.15) is 0 Å². The summed E-state index contributed by atoms with van der Waals surface area (Å²) in [4.78, 5) is 11.0. The lowest BCUT2D eigenvalue weighted by Gasteiger charge is -2.20. The maximum absolute atomic E-state index is 11.0. The summed E-state index contributed by atoms with van der Waals surface area (Å²) in [7, 11) is 0. The van der Waals surface area contributed by atoms with E-state index in [1.54, 1.807) is 6.92 Å². The summed E-state index contributed by atoms with van der Waals surface area (Å²) in [6, 6.07) is 7.27. The van der Waals surface area contributed by atoms with Crippen LogP contribution in [-0.4, -0.2) is 24.7 Å². The number of ether oxygens (including phenoxy) is 2. The highest BCUT2D eigenvalue weighted by Crippen LogP contribution is 2.18. The lowest BCUT2D eigenvalue weighted by molar-refractivity contribution is -0.123. The Morgan fingerprint density at radius 3 is 2.17 bits per heavy atom. The summed E-state index contributed by atoms with van der Waals surface area (Å²) >= 11 is 0. The van der Waals surface area contributed by atoms with Gasteiger partial charge in [-0.15, -0.1) is 0 Å². The molecule has 5 nitrogen and oxygen atoms in total. The molecule has 0 saturated heterocycles. The molecule has 0 spiro atoms. The van der Waals surface area contributed by atoms with Crippen LogP contribution in [0.2, 0.25) is 0 Å². The topological polar surface area (TPSA) is 87.6 Å². The van der Waals surface area contributed by atoms with Crippen LogP contribution in [-0.2, 0) is 4.79 Å². The molecule has 0 aromatic heterocycles. The van der Waals surface area contributed by atoms with Crippen LogP contribution in [0.4, 0.5) is 0 Å². The summed E-state index contributed by atoms with van der Waals surface area (Å²) in [5, 5.41) is 0. The molecule has 0 bridgehead atoms. The van der Waals surface area contributed by atoms with Gasteiger partial charge in [-0.1, -0.05) is 0 Å².